The van der Waals surface area contributed by atoms with Crippen LogP contribution in [0.1, 0.15) is 25.7 Å². The van der Waals surface area contributed by atoms with E-state index >= 15 is 0 Å². The topological polar surface area (TPSA) is 77.3 Å². The third-order valence-electron chi connectivity index (χ3n) is 3.27. The van der Waals surface area contributed by atoms with Crippen LogP contribution >= 0.6 is 0 Å². The molecule has 1 aromatic rings. The van der Waals surface area contributed by atoms with Gasteiger partial charge in [-0.3, -0.25) is 10.1 Å². The largest absolute Gasteiger partial charge is 0.381 e. The molecule has 0 amide bonds. The highest BCUT2D eigenvalue weighted by Crippen LogP contribution is 2.23. The molecule has 0 spiro atoms. The number of rotatable bonds is 4. The Kier molecular flexibility index (Phi) is 4.09. The molecule has 2 atom stereocenters. The molecule has 1 aromatic heterocycles. The lowest BCUT2D eigenvalue weighted by Gasteiger charge is -2.29. The van der Waals surface area contributed by atoms with E-state index in [2.05, 4.69) is 10.3 Å². The number of anilines is 1. The van der Waals surface area contributed by atoms with Crippen LogP contribution in [0.5, 0.6) is 0 Å². The molecule has 18 heavy (non-hydrogen) atoms. The molecule has 1 heterocycles. The molecule has 2 rings (SSSR count). The van der Waals surface area contributed by atoms with Gasteiger partial charge >= 0.3 is 0 Å². The summed E-state index contributed by atoms with van der Waals surface area (Å²) >= 11 is 0. The van der Waals surface area contributed by atoms with Gasteiger partial charge in [-0.1, -0.05) is 0 Å². The molecule has 1 aliphatic carbocycles. The summed E-state index contributed by atoms with van der Waals surface area (Å²) in [6.45, 7) is 0. The first-order valence-corrected chi connectivity index (χ1v) is 6.09. The van der Waals surface area contributed by atoms with Crippen LogP contribution in [0.25, 0.3) is 0 Å². The lowest BCUT2D eigenvalue weighted by Crippen LogP contribution is -2.31. The number of methoxy groups -OCH3 is 1. The third-order valence-corrected chi connectivity index (χ3v) is 3.27. The zero-order valence-corrected chi connectivity index (χ0v) is 10.3. The van der Waals surface area contributed by atoms with Crippen molar-refractivity contribution in [1.82, 2.24) is 4.98 Å². The Morgan fingerprint density at radius 1 is 1.50 bits per heavy atom. The van der Waals surface area contributed by atoms with Crippen LogP contribution in [0.3, 0.4) is 0 Å². The molecule has 0 bridgehead atoms. The summed E-state index contributed by atoms with van der Waals surface area (Å²) in [6.07, 6.45) is 5.84. The first-order chi connectivity index (χ1) is 8.69. The molecule has 98 valence electrons. The lowest BCUT2D eigenvalue weighted by atomic mass is 9.93. The van der Waals surface area contributed by atoms with Crippen molar-refractivity contribution in [2.45, 2.75) is 37.8 Å². The molecule has 6 nitrogen and oxygen atoms in total. The second-order valence-electron chi connectivity index (χ2n) is 4.52. The number of nitro groups is 1. The van der Waals surface area contributed by atoms with E-state index in [-0.39, 0.29) is 5.69 Å². The van der Waals surface area contributed by atoms with Gasteiger partial charge in [-0.05, 0) is 31.7 Å². The van der Waals surface area contributed by atoms with Crippen molar-refractivity contribution in [1.29, 1.82) is 0 Å². The average molecular weight is 251 g/mol. The fourth-order valence-corrected chi connectivity index (χ4v) is 2.28. The van der Waals surface area contributed by atoms with Gasteiger partial charge in [0.15, 0.2) is 0 Å². The maximum absolute atomic E-state index is 10.5. The second-order valence-corrected chi connectivity index (χ2v) is 4.52. The minimum atomic E-state index is -0.446. The lowest BCUT2D eigenvalue weighted by molar-refractivity contribution is -0.385. The van der Waals surface area contributed by atoms with Gasteiger partial charge in [0.05, 0.1) is 11.0 Å². The maximum atomic E-state index is 10.5. The van der Waals surface area contributed by atoms with Crippen molar-refractivity contribution in [3.63, 3.8) is 0 Å². The van der Waals surface area contributed by atoms with E-state index < -0.39 is 4.92 Å². The molecule has 1 aliphatic rings. The number of hydrogen-bond donors (Lipinski definition) is 1. The molecular formula is C12H17N3O3. The minimum absolute atomic E-state index is 0.0129. The van der Waals surface area contributed by atoms with Crippen LogP contribution in [0.15, 0.2) is 18.3 Å². The number of nitrogens with one attached hydrogen (secondary N) is 1. The highest BCUT2D eigenvalue weighted by molar-refractivity contribution is 5.40. The minimum Gasteiger partial charge on any atom is -0.381 e. The molecule has 6 heteroatoms. The van der Waals surface area contributed by atoms with Gasteiger partial charge in [0.1, 0.15) is 12.0 Å². The maximum Gasteiger partial charge on any atom is 0.287 e. The van der Waals surface area contributed by atoms with E-state index in [0.29, 0.717) is 18.0 Å². The molecule has 0 radical (unpaired) electrons. The first kappa shape index (κ1) is 12.8. The van der Waals surface area contributed by atoms with E-state index in [4.69, 9.17) is 4.74 Å². The van der Waals surface area contributed by atoms with Crippen LogP contribution in [0.4, 0.5) is 11.5 Å². The van der Waals surface area contributed by atoms with Gasteiger partial charge < -0.3 is 10.1 Å². The predicted octanol–water partition coefficient (Wildman–Crippen LogP) is 2.36. The first-order valence-electron chi connectivity index (χ1n) is 6.09. The Labute approximate surface area is 106 Å². The number of hydrogen-bond acceptors (Lipinski definition) is 5. The molecule has 1 saturated carbocycles. The molecular weight excluding hydrogens is 234 g/mol. The van der Waals surface area contributed by atoms with Crippen LogP contribution in [0.2, 0.25) is 0 Å². The van der Waals surface area contributed by atoms with Crippen molar-refractivity contribution < 1.29 is 9.66 Å². The summed E-state index contributed by atoms with van der Waals surface area (Å²) in [4.78, 5) is 14.1. The number of nitrogens with zero attached hydrogens (tertiary/aromatic N) is 2. The van der Waals surface area contributed by atoms with Crippen molar-refractivity contribution in [3.05, 3.63) is 28.4 Å². The Hall–Kier alpha value is -1.69. The Morgan fingerprint density at radius 3 is 2.94 bits per heavy atom. The van der Waals surface area contributed by atoms with Gasteiger partial charge in [0.2, 0.25) is 0 Å². The highest BCUT2D eigenvalue weighted by Gasteiger charge is 2.21. The molecule has 2 unspecified atom stereocenters. The zero-order valence-electron chi connectivity index (χ0n) is 10.3. The van der Waals surface area contributed by atoms with Gasteiger partial charge in [-0.15, -0.1) is 0 Å². The SMILES string of the molecule is COC1CCCC(Nc2ccc([N+](=O)[O-])cn2)C1. The van der Waals surface area contributed by atoms with Crippen LogP contribution in [-0.2, 0) is 4.74 Å². The van der Waals surface area contributed by atoms with Crippen molar-refractivity contribution >= 4 is 11.5 Å². The fraction of sp³-hybridized carbons (Fsp3) is 0.583. The van der Waals surface area contributed by atoms with E-state index in [1.165, 1.54) is 12.3 Å². The van der Waals surface area contributed by atoms with E-state index in [0.717, 1.165) is 25.7 Å². The summed E-state index contributed by atoms with van der Waals surface area (Å²) in [6, 6.07) is 3.44. The molecule has 0 aliphatic heterocycles. The number of aromatic nitrogens is 1. The fourth-order valence-electron chi connectivity index (χ4n) is 2.28. The Balaban J connectivity index is 1.94. The predicted molar refractivity (Wildman–Crippen MR) is 67.6 cm³/mol. The van der Waals surface area contributed by atoms with Crippen molar-refractivity contribution in [2.24, 2.45) is 0 Å². The van der Waals surface area contributed by atoms with Crippen molar-refractivity contribution in [2.75, 3.05) is 12.4 Å². The van der Waals surface area contributed by atoms with Gasteiger partial charge in [-0.2, -0.15) is 0 Å². The van der Waals surface area contributed by atoms with Gasteiger partial charge in [0, 0.05) is 19.2 Å². The Morgan fingerprint density at radius 2 is 2.33 bits per heavy atom. The summed E-state index contributed by atoms with van der Waals surface area (Å²) in [7, 11) is 1.73. The number of pyridine rings is 1. The van der Waals surface area contributed by atoms with Gasteiger partial charge in [0.25, 0.3) is 5.69 Å². The standard InChI is InChI=1S/C12H17N3O3/c1-18-11-4-2-3-9(7-11)14-12-6-5-10(8-13-12)15(16)17/h5-6,8-9,11H,2-4,7H2,1H3,(H,13,14). The van der Waals surface area contributed by atoms with E-state index in [9.17, 15) is 10.1 Å². The summed E-state index contributed by atoms with van der Waals surface area (Å²) in [5.41, 5.74) is 0.0129. The summed E-state index contributed by atoms with van der Waals surface area (Å²) in [5.74, 6) is 0.683. The van der Waals surface area contributed by atoms with Crippen LogP contribution < -0.4 is 5.32 Å². The van der Waals surface area contributed by atoms with E-state index in [1.54, 1.807) is 13.2 Å². The normalized spacial score (nSPS) is 23.6. The van der Waals surface area contributed by atoms with Crippen molar-refractivity contribution in [3.8, 4) is 0 Å². The zero-order chi connectivity index (χ0) is 13.0. The average Bonchev–Trinajstić information content (AvgIpc) is 2.39. The van der Waals surface area contributed by atoms with Crippen LogP contribution in [0, 0.1) is 10.1 Å². The van der Waals surface area contributed by atoms with Gasteiger partial charge in [-0.25, -0.2) is 4.98 Å². The monoisotopic (exact) mass is 251 g/mol. The molecule has 1 N–H and O–H groups in total. The highest BCUT2D eigenvalue weighted by atomic mass is 16.6. The Bertz CT molecular complexity index is 408. The third kappa shape index (κ3) is 3.16. The summed E-state index contributed by atoms with van der Waals surface area (Å²) < 4.78 is 5.36. The smallest absolute Gasteiger partial charge is 0.287 e. The molecule has 1 fully saturated rings. The second kappa shape index (κ2) is 5.77. The number of ether oxygens (including phenoxy) is 1. The molecule has 0 saturated heterocycles. The van der Waals surface area contributed by atoms with E-state index in [1.807, 2.05) is 0 Å². The quantitative estimate of drug-likeness (QED) is 0.656. The molecule has 0 aromatic carbocycles. The van der Waals surface area contributed by atoms with Crippen LogP contribution in [-0.4, -0.2) is 29.2 Å². The summed E-state index contributed by atoms with van der Waals surface area (Å²) in [5, 5.41) is 13.8.